The van der Waals surface area contributed by atoms with Crippen molar-refractivity contribution >= 4 is 28.9 Å². The standard InChI is InChI=1S/C14H15Cl2N3/c1-10(11-3-5-12(15)6-4-11)18-19(2)13-7-8-14(16)17-9-13/h3-10,18H,1-2H3/q+1. The maximum Gasteiger partial charge on any atom is 0.221 e. The van der Waals surface area contributed by atoms with Crippen molar-refractivity contribution in [1.82, 2.24) is 15.4 Å². The van der Waals surface area contributed by atoms with Gasteiger partial charge in [0, 0.05) is 11.1 Å². The fourth-order valence-corrected chi connectivity index (χ4v) is 2.00. The lowest BCUT2D eigenvalue weighted by Crippen LogP contribution is -2.37. The summed E-state index contributed by atoms with van der Waals surface area (Å²) in [6.07, 6.45) is 1.73. The number of nitrogens with zero attached hydrogens (tertiary/aromatic N) is 2. The molecule has 5 heteroatoms. The molecule has 99 valence electrons. The zero-order valence-electron chi connectivity index (χ0n) is 10.8. The Kier molecular flexibility index (Phi) is 4.77. The minimum absolute atomic E-state index is 0.165. The number of nitrogens with one attached hydrogen (secondary N) is 1. The van der Waals surface area contributed by atoms with E-state index < -0.39 is 0 Å². The van der Waals surface area contributed by atoms with E-state index in [2.05, 4.69) is 17.3 Å². The number of hydrogen-bond acceptors (Lipinski definition) is 3. The van der Waals surface area contributed by atoms with Crippen molar-refractivity contribution in [1.29, 1.82) is 0 Å². The molecule has 1 heterocycles. The van der Waals surface area contributed by atoms with Crippen LogP contribution >= 0.6 is 23.2 Å². The van der Waals surface area contributed by atoms with Crippen molar-refractivity contribution in [2.24, 2.45) is 0 Å². The molecule has 0 saturated heterocycles. The first-order chi connectivity index (χ1) is 9.06. The molecule has 1 aromatic carbocycles. The van der Waals surface area contributed by atoms with Gasteiger partial charge >= 0.3 is 0 Å². The number of benzene rings is 1. The number of hydrazine groups is 1. The van der Waals surface area contributed by atoms with Gasteiger partial charge in [0.25, 0.3) is 0 Å². The summed E-state index contributed by atoms with van der Waals surface area (Å²) >= 11 is 11.7. The summed E-state index contributed by atoms with van der Waals surface area (Å²) in [7, 11) is 1.94. The lowest BCUT2D eigenvalue weighted by Gasteiger charge is -2.14. The third-order valence-electron chi connectivity index (χ3n) is 2.86. The van der Waals surface area contributed by atoms with E-state index in [4.69, 9.17) is 23.2 Å². The van der Waals surface area contributed by atoms with Crippen molar-refractivity contribution < 1.29 is 0 Å². The van der Waals surface area contributed by atoms with E-state index in [-0.39, 0.29) is 6.04 Å². The lowest BCUT2D eigenvalue weighted by molar-refractivity contribution is 0.404. The highest BCUT2D eigenvalue weighted by Crippen LogP contribution is 2.18. The molecule has 1 N–H and O–H groups in total. The molecule has 0 amide bonds. The molecule has 1 unspecified atom stereocenters. The second-order valence-corrected chi connectivity index (χ2v) is 5.12. The van der Waals surface area contributed by atoms with Crippen LogP contribution in [0.2, 0.25) is 10.2 Å². The largest absolute Gasteiger partial charge is 0.238 e. The normalized spacial score (nSPS) is 12.7. The number of pyridine rings is 1. The summed E-state index contributed by atoms with van der Waals surface area (Å²) in [5.41, 5.74) is 5.47. The monoisotopic (exact) mass is 295 g/mol. The van der Waals surface area contributed by atoms with Gasteiger partial charge in [0.05, 0.1) is 12.2 Å². The summed E-state index contributed by atoms with van der Waals surface area (Å²) in [6, 6.07) is 11.6. The Balaban J connectivity index is 2.03. The maximum absolute atomic E-state index is 5.88. The van der Waals surface area contributed by atoms with E-state index in [1.807, 2.05) is 42.4 Å². The molecular formula is C14H15Cl2N3+. The van der Waals surface area contributed by atoms with E-state index in [0.29, 0.717) is 5.15 Å². The predicted molar refractivity (Wildman–Crippen MR) is 80.0 cm³/mol. The predicted octanol–water partition coefficient (Wildman–Crippen LogP) is 4.06. The first-order valence-electron chi connectivity index (χ1n) is 5.93. The van der Waals surface area contributed by atoms with Gasteiger partial charge in [-0.3, -0.25) is 0 Å². The van der Waals surface area contributed by atoms with Crippen molar-refractivity contribution in [3.63, 3.8) is 0 Å². The minimum atomic E-state index is 0.165. The average Bonchev–Trinajstić information content (AvgIpc) is 2.40. The molecule has 1 radical (unpaired) electrons. The molecule has 0 aliphatic carbocycles. The minimum Gasteiger partial charge on any atom is -0.238 e. The Labute approximate surface area is 123 Å². The summed E-state index contributed by atoms with van der Waals surface area (Å²) in [5, 5.41) is 3.15. The van der Waals surface area contributed by atoms with Gasteiger partial charge in [-0.1, -0.05) is 35.3 Å². The van der Waals surface area contributed by atoms with E-state index >= 15 is 0 Å². The summed E-state index contributed by atoms with van der Waals surface area (Å²) in [6.45, 7) is 2.09. The molecule has 0 bridgehead atoms. The molecule has 19 heavy (non-hydrogen) atoms. The van der Waals surface area contributed by atoms with E-state index in [0.717, 1.165) is 16.3 Å². The smallest absolute Gasteiger partial charge is 0.221 e. The van der Waals surface area contributed by atoms with Crippen LogP contribution in [-0.4, -0.2) is 12.0 Å². The molecule has 1 atom stereocenters. The Morgan fingerprint density at radius 3 is 2.37 bits per heavy atom. The van der Waals surface area contributed by atoms with Crippen LogP contribution in [0.5, 0.6) is 0 Å². The third kappa shape index (κ3) is 3.91. The molecule has 0 saturated carbocycles. The van der Waals surface area contributed by atoms with Crippen LogP contribution in [0.3, 0.4) is 0 Å². The molecule has 0 spiro atoms. The third-order valence-corrected chi connectivity index (χ3v) is 3.33. The zero-order chi connectivity index (χ0) is 13.8. The molecule has 0 aliphatic heterocycles. The van der Waals surface area contributed by atoms with Crippen LogP contribution in [0, 0.1) is 0 Å². The molecule has 2 aromatic rings. The number of hydrogen-bond donors (Lipinski definition) is 1. The van der Waals surface area contributed by atoms with Crippen LogP contribution in [0.1, 0.15) is 18.5 Å². The van der Waals surface area contributed by atoms with Crippen molar-refractivity contribution in [2.45, 2.75) is 13.0 Å². The molecular weight excluding hydrogens is 281 g/mol. The second-order valence-electron chi connectivity index (χ2n) is 4.30. The van der Waals surface area contributed by atoms with Gasteiger partial charge in [-0.15, -0.1) is 5.43 Å². The fourth-order valence-electron chi connectivity index (χ4n) is 1.76. The summed E-state index contributed by atoms with van der Waals surface area (Å²) in [4.78, 5) is 4.06. The topological polar surface area (TPSA) is 30.8 Å². The van der Waals surface area contributed by atoms with Crippen LogP contribution < -0.4 is 10.4 Å². The molecule has 2 rings (SSSR count). The first-order valence-corrected chi connectivity index (χ1v) is 6.69. The van der Waals surface area contributed by atoms with E-state index in [9.17, 15) is 0 Å². The number of aromatic nitrogens is 1. The molecule has 0 fully saturated rings. The Hall–Kier alpha value is -1.13. The van der Waals surface area contributed by atoms with Crippen LogP contribution in [0.15, 0.2) is 42.6 Å². The van der Waals surface area contributed by atoms with Crippen LogP contribution in [0.4, 0.5) is 5.69 Å². The van der Waals surface area contributed by atoms with Crippen molar-refractivity contribution in [2.75, 3.05) is 7.05 Å². The van der Waals surface area contributed by atoms with Gasteiger partial charge in [-0.25, -0.2) is 4.98 Å². The first kappa shape index (κ1) is 14.3. The molecule has 1 aromatic heterocycles. The fraction of sp³-hybridized carbons (Fsp3) is 0.214. The van der Waals surface area contributed by atoms with Gasteiger partial charge < -0.3 is 0 Å². The molecule has 3 nitrogen and oxygen atoms in total. The Morgan fingerprint density at radius 2 is 1.79 bits per heavy atom. The second kappa shape index (κ2) is 6.35. The van der Waals surface area contributed by atoms with Crippen LogP contribution in [-0.2, 0) is 0 Å². The van der Waals surface area contributed by atoms with Gasteiger partial charge in [-0.05, 0) is 35.7 Å². The summed E-state index contributed by atoms with van der Waals surface area (Å²) in [5.74, 6) is 0. The van der Waals surface area contributed by atoms with Crippen molar-refractivity contribution in [3.8, 4) is 0 Å². The Bertz CT molecular complexity index is 476. The number of rotatable bonds is 4. The molecule has 0 aliphatic rings. The van der Waals surface area contributed by atoms with E-state index in [1.165, 1.54) is 0 Å². The SMILES string of the molecule is CC(N[N+](C)c1ccc(Cl)nc1)c1ccc(Cl)cc1. The van der Waals surface area contributed by atoms with Gasteiger partial charge in [0.1, 0.15) is 12.2 Å². The maximum atomic E-state index is 5.88. The lowest BCUT2D eigenvalue weighted by atomic mass is 10.1. The zero-order valence-corrected chi connectivity index (χ0v) is 12.3. The summed E-state index contributed by atoms with van der Waals surface area (Å²) < 4.78 is 0. The highest BCUT2D eigenvalue weighted by Gasteiger charge is 2.18. The van der Waals surface area contributed by atoms with Gasteiger partial charge in [0.2, 0.25) is 5.69 Å². The van der Waals surface area contributed by atoms with Gasteiger partial charge in [-0.2, -0.15) is 0 Å². The Morgan fingerprint density at radius 1 is 1.11 bits per heavy atom. The quantitative estimate of drug-likeness (QED) is 0.524. The average molecular weight is 296 g/mol. The number of anilines is 1. The van der Waals surface area contributed by atoms with Crippen LogP contribution in [0.25, 0.3) is 0 Å². The van der Waals surface area contributed by atoms with Gasteiger partial charge in [0.15, 0.2) is 0 Å². The highest BCUT2D eigenvalue weighted by atomic mass is 35.5. The van der Waals surface area contributed by atoms with E-state index in [1.54, 1.807) is 12.3 Å². The van der Waals surface area contributed by atoms with Crippen molar-refractivity contribution in [3.05, 3.63) is 58.3 Å². The highest BCUT2D eigenvalue weighted by molar-refractivity contribution is 6.30. The number of halogens is 2.